The van der Waals surface area contributed by atoms with Crippen LogP contribution in [0.2, 0.25) is 0 Å². The predicted octanol–water partition coefficient (Wildman–Crippen LogP) is 3.44. The molecule has 0 radical (unpaired) electrons. The number of benzene rings is 1. The molecular weight excluding hydrogens is 266 g/mol. The second kappa shape index (κ2) is 4.76. The van der Waals surface area contributed by atoms with Crippen molar-refractivity contribution in [2.24, 2.45) is 5.73 Å². The zero-order chi connectivity index (χ0) is 11.7. The number of hydrogen-bond donors (Lipinski definition) is 2. The minimum Gasteiger partial charge on any atom is -0.506 e. The summed E-state index contributed by atoms with van der Waals surface area (Å²) in [5.41, 5.74) is 9.36. The Morgan fingerprint density at radius 2 is 2.00 bits per heavy atom. The summed E-state index contributed by atoms with van der Waals surface area (Å²) in [5, 5.41) is 10.1. The number of aryl methyl sites for hydroxylation is 1. The van der Waals surface area contributed by atoms with Crippen molar-refractivity contribution in [3.8, 4) is 5.75 Å². The summed E-state index contributed by atoms with van der Waals surface area (Å²) in [4.78, 5) is 0. The first-order chi connectivity index (χ1) is 7.61. The Kier molecular flexibility index (Phi) is 3.55. The number of phenols is 1. The van der Waals surface area contributed by atoms with Crippen LogP contribution in [0.4, 0.5) is 0 Å². The molecule has 1 aliphatic carbocycles. The van der Waals surface area contributed by atoms with E-state index in [4.69, 9.17) is 5.73 Å². The van der Waals surface area contributed by atoms with E-state index in [1.165, 1.54) is 30.4 Å². The Bertz CT molecular complexity index is 401. The van der Waals surface area contributed by atoms with Crippen molar-refractivity contribution >= 4 is 15.9 Å². The van der Waals surface area contributed by atoms with Crippen molar-refractivity contribution in [1.29, 1.82) is 0 Å². The van der Waals surface area contributed by atoms with Gasteiger partial charge in [-0.05, 0) is 59.7 Å². The van der Waals surface area contributed by atoms with Crippen molar-refractivity contribution in [3.63, 3.8) is 0 Å². The fourth-order valence-electron chi connectivity index (χ4n) is 2.39. The van der Waals surface area contributed by atoms with Gasteiger partial charge in [-0.25, -0.2) is 0 Å². The van der Waals surface area contributed by atoms with E-state index in [2.05, 4.69) is 22.0 Å². The van der Waals surface area contributed by atoms with E-state index < -0.39 is 0 Å². The van der Waals surface area contributed by atoms with Crippen molar-refractivity contribution in [2.75, 3.05) is 0 Å². The van der Waals surface area contributed by atoms with Gasteiger partial charge in [0.05, 0.1) is 4.47 Å². The number of phenolic OH excluding ortho intramolecular Hbond substituents is 1. The normalized spacial score (nSPS) is 17.7. The lowest BCUT2D eigenvalue weighted by Gasteiger charge is -2.16. The van der Waals surface area contributed by atoms with Gasteiger partial charge in [-0.2, -0.15) is 0 Å². The van der Waals surface area contributed by atoms with Crippen molar-refractivity contribution in [3.05, 3.63) is 27.2 Å². The second-order valence-electron chi connectivity index (χ2n) is 4.62. The smallest absolute Gasteiger partial charge is 0.134 e. The van der Waals surface area contributed by atoms with E-state index in [0.717, 1.165) is 22.9 Å². The SMILES string of the molecule is CC(N)c1cc2c(c(Br)c1O)CCCCC2. The minimum atomic E-state index is -0.121. The molecule has 0 amide bonds. The van der Waals surface area contributed by atoms with Gasteiger partial charge < -0.3 is 10.8 Å². The highest BCUT2D eigenvalue weighted by molar-refractivity contribution is 9.10. The molecule has 1 aliphatic rings. The van der Waals surface area contributed by atoms with Crippen LogP contribution < -0.4 is 5.73 Å². The van der Waals surface area contributed by atoms with Gasteiger partial charge in [-0.1, -0.05) is 12.5 Å². The Morgan fingerprint density at radius 1 is 1.31 bits per heavy atom. The Labute approximate surface area is 105 Å². The predicted molar refractivity (Wildman–Crippen MR) is 69.7 cm³/mol. The zero-order valence-corrected chi connectivity index (χ0v) is 11.2. The second-order valence-corrected chi connectivity index (χ2v) is 5.41. The molecule has 3 N–H and O–H groups in total. The average molecular weight is 284 g/mol. The van der Waals surface area contributed by atoms with E-state index in [9.17, 15) is 5.11 Å². The van der Waals surface area contributed by atoms with Crippen LogP contribution in [0, 0.1) is 0 Å². The van der Waals surface area contributed by atoms with Gasteiger partial charge in [-0.15, -0.1) is 0 Å². The molecular formula is C13H18BrNO. The van der Waals surface area contributed by atoms with Crippen LogP contribution >= 0.6 is 15.9 Å². The fourth-order valence-corrected chi connectivity index (χ4v) is 3.07. The van der Waals surface area contributed by atoms with Gasteiger partial charge in [0, 0.05) is 11.6 Å². The summed E-state index contributed by atoms with van der Waals surface area (Å²) in [6.45, 7) is 1.91. The van der Waals surface area contributed by atoms with E-state index >= 15 is 0 Å². The van der Waals surface area contributed by atoms with Crippen molar-refractivity contribution in [1.82, 2.24) is 0 Å². The largest absolute Gasteiger partial charge is 0.506 e. The van der Waals surface area contributed by atoms with Gasteiger partial charge >= 0.3 is 0 Å². The molecule has 0 fully saturated rings. The van der Waals surface area contributed by atoms with Crippen LogP contribution in [0.5, 0.6) is 5.75 Å². The first kappa shape index (κ1) is 11.9. The lowest BCUT2D eigenvalue weighted by Crippen LogP contribution is -2.07. The Balaban J connectivity index is 2.55. The molecule has 1 unspecified atom stereocenters. The lowest BCUT2D eigenvalue weighted by molar-refractivity contribution is 0.459. The number of fused-ring (bicyclic) bond motifs is 1. The quantitative estimate of drug-likeness (QED) is 0.776. The van der Waals surface area contributed by atoms with Gasteiger partial charge in [0.25, 0.3) is 0 Å². The molecule has 0 aliphatic heterocycles. The highest BCUT2D eigenvalue weighted by Gasteiger charge is 2.18. The number of nitrogens with two attached hydrogens (primary N) is 1. The van der Waals surface area contributed by atoms with Crippen LogP contribution in [0.15, 0.2) is 10.5 Å². The van der Waals surface area contributed by atoms with E-state index in [1.54, 1.807) is 0 Å². The molecule has 2 nitrogen and oxygen atoms in total. The van der Waals surface area contributed by atoms with Crippen LogP contribution in [-0.2, 0) is 12.8 Å². The van der Waals surface area contributed by atoms with Gasteiger partial charge in [0.2, 0.25) is 0 Å². The number of aromatic hydroxyl groups is 1. The zero-order valence-electron chi connectivity index (χ0n) is 9.59. The highest BCUT2D eigenvalue weighted by Crippen LogP contribution is 2.38. The first-order valence-corrected chi connectivity index (χ1v) is 6.69. The molecule has 0 aromatic heterocycles. The van der Waals surface area contributed by atoms with Crippen LogP contribution in [-0.4, -0.2) is 5.11 Å². The first-order valence-electron chi connectivity index (χ1n) is 5.90. The lowest BCUT2D eigenvalue weighted by atomic mass is 9.96. The molecule has 0 bridgehead atoms. The standard InChI is InChI=1S/C13H18BrNO/c1-8(15)11-7-9-5-3-2-4-6-10(9)12(14)13(11)16/h7-8,16H,2-6,15H2,1H3. The highest BCUT2D eigenvalue weighted by atomic mass is 79.9. The molecule has 0 heterocycles. The van der Waals surface area contributed by atoms with Crippen molar-refractivity contribution in [2.45, 2.75) is 45.1 Å². The third-order valence-corrected chi connectivity index (χ3v) is 4.18. The molecule has 16 heavy (non-hydrogen) atoms. The monoisotopic (exact) mass is 283 g/mol. The molecule has 0 spiro atoms. The summed E-state index contributed by atoms with van der Waals surface area (Å²) >= 11 is 3.51. The van der Waals surface area contributed by atoms with Crippen LogP contribution in [0.25, 0.3) is 0 Å². The number of halogens is 1. The summed E-state index contributed by atoms with van der Waals surface area (Å²) in [6, 6.07) is 1.97. The third kappa shape index (κ3) is 2.11. The molecule has 1 aromatic carbocycles. The summed E-state index contributed by atoms with van der Waals surface area (Å²) in [7, 11) is 0. The molecule has 1 atom stereocenters. The average Bonchev–Trinajstić information content (AvgIpc) is 2.48. The van der Waals surface area contributed by atoms with E-state index in [-0.39, 0.29) is 6.04 Å². The van der Waals surface area contributed by atoms with E-state index in [1.807, 2.05) is 6.92 Å². The van der Waals surface area contributed by atoms with Gasteiger partial charge in [0.1, 0.15) is 5.75 Å². The van der Waals surface area contributed by atoms with Crippen LogP contribution in [0.3, 0.4) is 0 Å². The van der Waals surface area contributed by atoms with Gasteiger partial charge in [0.15, 0.2) is 0 Å². The maximum Gasteiger partial charge on any atom is 0.134 e. The molecule has 3 heteroatoms. The molecule has 0 saturated carbocycles. The summed E-state index contributed by atoms with van der Waals surface area (Å²) < 4.78 is 0.860. The van der Waals surface area contributed by atoms with E-state index in [0.29, 0.717) is 5.75 Å². The molecule has 1 aromatic rings. The third-order valence-electron chi connectivity index (χ3n) is 3.33. The van der Waals surface area contributed by atoms with Gasteiger partial charge in [-0.3, -0.25) is 0 Å². The maximum absolute atomic E-state index is 10.1. The minimum absolute atomic E-state index is 0.121. The summed E-state index contributed by atoms with van der Waals surface area (Å²) in [5.74, 6) is 0.329. The summed E-state index contributed by atoms with van der Waals surface area (Å²) in [6.07, 6.45) is 5.89. The topological polar surface area (TPSA) is 46.2 Å². The number of hydrogen-bond acceptors (Lipinski definition) is 2. The number of rotatable bonds is 1. The fraction of sp³-hybridized carbons (Fsp3) is 0.538. The Morgan fingerprint density at radius 3 is 2.69 bits per heavy atom. The molecule has 2 rings (SSSR count). The maximum atomic E-state index is 10.1. The van der Waals surface area contributed by atoms with Crippen molar-refractivity contribution < 1.29 is 5.11 Å². The molecule has 88 valence electrons. The molecule has 0 saturated heterocycles. The van der Waals surface area contributed by atoms with Crippen LogP contribution in [0.1, 0.15) is 48.9 Å². The Hall–Kier alpha value is -0.540.